The van der Waals surface area contributed by atoms with Gasteiger partial charge in [-0.2, -0.15) is 0 Å². The first-order valence-electron chi connectivity index (χ1n) is 29.4. The second kappa shape index (κ2) is 47.9. The molecule has 1 aliphatic rings. The van der Waals surface area contributed by atoms with E-state index in [1.807, 2.05) is 0 Å². The van der Waals surface area contributed by atoms with Gasteiger partial charge in [0.25, 0.3) is 0 Å². The van der Waals surface area contributed by atoms with Crippen LogP contribution in [-0.4, -0.2) is 85.4 Å². The molecule has 1 N–H and O–H groups in total. The van der Waals surface area contributed by atoms with E-state index in [4.69, 9.17) is 9.47 Å². The van der Waals surface area contributed by atoms with Gasteiger partial charge in [0, 0.05) is 38.5 Å². The molecule has 0 spiro atoms. The molecule has 1 rings (SSSR count). The lowest BCUT2D eigenvalue weighted by molar-refractivity contribution is -0.146. The van der Waals surface area contributed by atoms with E-state index in [9.17, 15) is 14.7 Å². The SMILES string of the molecule is CCCCCCCCCCC(CCCCCC)COC(=O)CCCCCCN(CCCCCCC(=O)OCC(CCCCCC)CCCCCCCCCC)CCN(CCO)C1CCC1. The van der Waals surface area contributed by atoms with Crippen molar-refractivity contribution in [2.24, 2.45) is 11.8 Å². The number of hydrogen-bond acceptors (Lipinski definition) is 7. The number of carbonyl (C=O) groups excluding carboxylic acids is 2. The Balaban J connectivity index is 2.42. The van der Waals surface area contributed by atoms with Crippen molar-refractivity contribution >= 4 is 11.9 Å². The van der Waals surface area contributed by atoms with Gasteiger partial charge in [-0.3, -0.25) is 14.5 Å². The molecule has 2 atom stereocenters. The van der Waals surface area contributed by atoms with Gasteiger partial charge in [-0.25, -0.2) is 0 Å². The summed E-state index contributed by atoms with van der Waals surface area (Å²) in [5.41, 5.74) is 0. The topological polar surface area (TPSA) is 79.3 Å². The molecule has 0 aliphatic heterocycles. The highest BCUT2D eigenvalue weighted by atomic mass is 16.5. The minimum absolute atomic E-state index is 0.00502. The maximum atomic E-state index is 12.8. The first-order valence-corrected chi connectivity index (χ1v) is 29.4. The summed E-state index contributed by atoms with van der Waals surface area (Å²) in [5, 5.41) is 9.76. The molecule has 0 heterocycles. The summed E-state index contributed by atoms with van der Waals surface area (Å²) in [6.45, 7) is 15.6. The van der Waals surface area contributed by atoms with Crippen LogP contribution in [-0.2, 0) is 19.1 Å². The van der Waals surface area contributed by atoms with Gasteiger partial charge in [-0.15, -0.1) is 0 Å². The molecule has 65 heavy (non-hydrogen) atoms. The van der Waals surface area contributed by atoms with Crippen LogP contribution >= 0.6 is 0 Å². The van der Waals surface area contributed by atoms with Gasteiger partial charge in [-0.1, -0.05) is 214 Å². The molecule has 0 aromatic rings. The minimum Gasteiger partial charge on any atom is -0.465 e. The molecule has 7 heteroatoms. The molecule has 0 amide bonds. The van der Waals surface area contributed by atoms with E-state index < -0.39 is 0 Å². The molecule has 2 unspecified atom stereocenters. The van der Waals surface area contributed by atoms with Gasteiger partial charge in [0.15, 0.2) is 0 Å². The normalized spacial score (nSPS) is 14.0. The predicted molar refractivity (Wildman–Crippen MR) is 280 cm³/mol. The van der Waals surface area contributed by atoms with Crippen molar-refractivity contribution in [2.45, 2.75) is 297 Å². The van der Waals surface area contributed by atoms with Crippen molar-refractivity contribution < 1.29 is 24.2 Å². The summed E-state index contributed by atoms with van der Waals surface area (Å²) in [4.78, 5) is 30.8. The summed E-state index contributed by atoms with van der Waals surface area (Å²) in [5.74, 6) is 1.06. The van der Waals surface area contributed by atoms with Gasteiger partial charge in [0.1, 0.15) is 0 Å². The number of hydrogen-bond donors (Lipinski definition) is 1. The Bertz CT molecular complexity index is 943. The monoisotopic (exact) mass is 919 g/mol. The van der Waals surface area contributed by atoms with Crippen molar-refractivity contribution in [3.63, 3.8) is 0 Å². The number of unbranched alkanes of at least 4 members (excludes halogenated alkanes) is 26. The van der Waals surface area contributed by atoms with Crippen molar-refractivity contribution in [1.29, 1.82) is 0 Å². The highest BCUT2D eigenvalue weighted by molar-refractivity contribution is 5.69. The van der Waals surface area contributed by atoms with Crippen molar-refractivity contribution in [3.05, 3.63) is 0 Å². The Labute approximate surface area is 405 Å². The summed E-state index contributed by atoms with van der Waals surface area (Å²) < 4.78 is 11.8. The quantitative estimate of drug-likeness (QED) is 0.0481. The third-order valence-corrected chi connectivity index (χ3v) is 14.7. The van der Waals surface area contributed by atoms with E-state index in [1.165, 1.54) is 199 Å². The summed E-state index contributed by atoms with van der Waals surface area (Å²) >= 11 is 0. The van der Waals surface area contributed by atoms with Crippen LogP contribution in [0, 0.1) is 11.8 Å². The Hall–Kier alpha value is -1.18. The lowest BCUT2D eigenvalue weighted by Gasteiger charge is -2.38. The van der Waals surface area contributed by atoms with Crippen LogP contribution in [0.4, 0.5) is 0 Å². The van der Waals surface area contributed by atoms with Crippen LogP contribution in [0.1, 0.15) is 291 Å². The Morgan fingerprint density at radius 2 is 0.769 bits per heavy atom. The van der Waals surface area contributed by atoms with Gasteiger partial charge in [0.2, 0.25) is 0 Å². The molecule has 1 aliphatic carbocycles. The zero-order valence-electron chi connectivity index (χ0n) is 44.4. The van der Waals surface area contributed by atoms with Crippen molar-refractivity contribution in [2.75, 3.05) is 52.5 Å². The second-order valence-corrected chi connectivity index (χ2v) is 20.8. The fourth-order valence-electron chi connectivity index (χ4n) is 9.92. The highest BCUT2D eigenvalue weighted by Gasteiger charge is 2.24. The molecule has 7 nitrogen and oxygen atoms in total. The highest BCUT2D eigenvalue weighted by Crippen LogP contribution is 2.25. The van der Waals surface area contributed by atoms with Crippen LogP contribution in [0.25, 0.3) is 0 Å². The zero-order chi connectivity index (χ0) is 47.1. The number of rotatable bonds is 52. The minimum atomic E-state index is 0.00502. The first-order chi connectivity index (χ1) is 32.0. The maximum Gasteiger partial charge on any atom is 0.305 e. The molecule has 1 saturated carbocycles. The first kappa shape index (κ1) is 61.8. The number of ether oxygens (including phenoxy) is 2. The molecule has 0 bridgehead atoms. The number of carbonyl (C=O) groups is 2. The third-order valence-electron chi connectivity index (χ3n) is 14.7. The smallest absolute Gasteiger partial charge is 0.305 e. The number of aliphatic hydroxyl groups is 1. The summed E-state index contributed by atoms with van der Waals surface area (Å²) in [7, 11) is 0. The lowest BCUT2D eigenvalue weighted by Crippen LogP contribution is -2.45. The second-order valence-electron chi connectivity index (χ2n) is 20.8. The average Bonchev–Trinajstić information content (AvgIpc) is 3.29. The number of esters is 2. The fourth-order valence-corrected chi connectivity index (χ4v) is 9.92. The molecule has 0 aromatic carbocycles. The largest absolute Gasteiger partial charge is 0.465 e. The van der Waals surface area contributed by atoms with Gasteiger partial charge < -0.3 is 19.5 Å². The fraction of sp³-hybridized carbons (Fsp3) is 0.966. The van der Waals surface area contributed by atoms with Crippen molar-refractivity contribution in [3.8, 4) is 0 Å². The standard InChI is InChI=1S/C58H114N2O5/c1-5-9-13-17-19-21-23-31-40-54(38-29-15-11-7-3)52-64-57(62)44-33-25-27-35-46-59(48-49-60(50-51-61)56-42-37-43-56)47-36-28-26-34-45-58(63)65-53-55(39-30-16-12-8-4)41-32-24-22-20-18-14-10-6-2/h54-56,61H,5-53H2,1-4H3. The van der Waals surface area contributed by atoms with Crippen LogP contribution in [0.5, 0.6) is 0 Å². The lowest BCUT2D eigenvalue weighted by atomic mass is 9.91. The maximum absolute atomic E-state index is 12.8. The zero-order valence-corrected chi connectivity index (χ0v) is 44.4. The van der Waals surface area contributed by atoms with E-state index in [0.29, 0.717) is 43.9 Å². The van der Waals surface area contributed by atoms with Gasteiger partial charge in [0.05, 0.1) is 19.8 Å². The average molecular weight is 920 g/mol. The van der Waals surface area contributed by atoms with E-state index in [2.05, 4.69) is 37.5 Å². The van der Waals surface area contributed by atoms with Gasteiger partial charge in [-0.05, 0) is 89.1 Å². The molecule has 0 aromatic heterocycles. The molecule has 1 fully saturated rings. The molecular weight excluding hydrogens is 805 g/mol. The molecular formula is C58H114N2O5. The predicted octanol–water partition coefficient (Wildman–Crippen LogP) is 16.4. The molecule has 0 radical (unpaired) electrons. The Morgan fingerprint density at radius 3 is 1.12 bits per heavy atom. The van der Waals surface area contributed by atoms with Crippen LogP contribution in [0.2, 0.25) is 0 Å². The number of aliphatic hydroxyl groups excluding tert-OH is 1. The van der Waals surface area contributed by atoms with E-state index in [1.54, 1.807) is 0 Å². The van der Waals surface area contributed by atoms with Crippen molar-refractivity contribution in [1.82, 2.24) is 9.80 Å². The summed E-state index contributed by atoms with van der Waals surface area (Å²) in [6, 6.07) is 0.645. The van der Waals surface area contributed by atoms with Gasteiger partial charge >= 0.3 is 11.9 Å². The molecule has 386 valence electrons. The van der Waals surface area contributed by atoms with E-state index >= 15 is 0 Å². The Morgan fingerprint density at radius 1 is 0.431 bits per heavy atom. The van der Waals surface area contributed by atoms with Crippen LogP contribution < -0.4 is 0 Å². The van der Waals surface area contributed by atoms with Crippen LogP contribution in [0.15, 0.2) is 0 Å². The summed E-state index contributed by atoms with van der Waals surface area (Å²) in [6.07, 6.45) is 50.2. The number of nitrogens with zero attached hydrogens (tertiary/aromatic N) is 2. The van der Waals surface area contributed by atoms with E-state index in [0.717, 1.165) is 84.1 Å². The molecule has 0 saturated heterocycles. The Kier molecular flexibility index (Phi) is 45.5. The van der Waals surface area contributed by atoms with Crippen LogP contribution in [0.3, 0.4) is 0 Å². The third kappa shape index (κ3) is 39.4. The van der Waals surface area contributed by atoms with E-state index in [-0.39, 0.29) is 18.5 Å².